The number of hydrogen-bond donors (Lipinski definition) is 1. The Balaban J connectivity index is 1.99. The number of rotatable bonds is 11. The van der Waals surface area contributed by atoms with Crippen LogP contribution in [0.25, 0.3) is 0 Å². The van der Waals surface area contributed by atoms with Gasteiger partial charge in [-0.2, -0.15) is 13.2 Å². The first-order valence-corrected chi connectivity index (χ1v) is 12.8. The maximum Gasteiger partial charge on any atom is 0.416 e. The van der Waals surface area contributed by atoms with Crippen molar-refractivity contribution in [3.63, 3.8) is 0 Å². The molecule has 0 spiro atoms. The molecule has 1 amide bonds. The van der Waals surface area contributed by atoms with E-state index in [1.807, 2.05) is 0 Å². The number of sulfonamides is 1. The number of amides is 1. The van der Waals surface area contributed by atoms with Crippen LogP contribution in [0, 0.1) is 0 Å². The summed E-state index contributed by atoms with van der Waals surface area (Å²) in [6.45, 7) is -0.985. The average molecular weight is 569 g/mol. The van der Waals surface area contributed by atoms with Crippen LogP contribution in [0.15, 0.2) is 65.6 Å². The molecule has 0 bridgehead atoms. The number of alkyl halides is 3. The normalized spacial score (nSPS) is 11.5. The predicted molar refractivity (Wildman–Crippen MR) is 137 cm³/mol. The van der Waals surface area contributed by atoms with Gasteiger partial charge in [0, 0.05) is 18.7 Å². The molecule has 0 unspecified atom stereocenters. The van der Waals surface area contributed by atoms with E-state index in [2.05, 4.69) is 5.32 Å². The lowest BCUT2D eigenvalue weighted by molar-refractivity contribution is -0.137. The minimum Gasteiger partial charge on any atom is -0.497 e. The summed E-state index contributed by atoms with van der Waals surface area (Å²) in [6, 6.07) is 12.8. The van der Waals surface area contributed by atoms with Crippen LogP contribution in [-0.2, 0) is 27.5 Å². The zero-order valence-corrected chi connectivity index (χ0v) is 22.4. The summed E-state index contributed by atoms with van der Waals surface area (Å²) in [4.78, 5) is 12.8. The van der Waals surface area contributed by atoms with E-state index in [0.29, 0.717) is 11.5 Å². The molecule has 0 heterocycles. The monoisotopic (exact) mass is 568 g/mol. The van der Waals surface area contributed by atoms with E-state index in [9.17, 15) is 26.4 Å². The number of nitrogens with one attached hydrogen (secondary N) is 1. The molecule has 0 saturated heterocycles. The zero-order valence-electron chi connectivity index (χ0n) is 21.5. The first kappa shape index (κ1) is 29.4. The van der Waals surface area contributed by atoms with Crippen molar-refractivity contribution < 1.29 is 45.3 Å². The van der Waals surface area contributed by atoms with Gasteiger partial charge in [0.15, 0.2) is 11.5 Å². The number of hydrogen-bond acceptors (Lipinski definition) is 7. The van der Waals surface area contributed by atoms with Crippen LogP contribution >= 0.6 is 0 Å². The first-order valence-electron chi connectivity index (χ1n) is 11.3. The van der Waals surface area contributed by atoms with E-state index in [-0.39, 0.29) is 34.2 Å². The summed E-state index contributed by atoms with van der Waals surface area (Å²) in [6.07, 6.45) is -4.55. The van der Waals surface area contributed by atoms with E-state index < -0.39 is 34.2 Å². The second-order valence-electron chi connectivity index (χ2n) is 8.04. The summed E-state index contributed by atoms with van der Waals surface area (Å²) in [5.41, 5.74) is -0.680. The first-order chi connectivity index (χ1) is 18.4. The largest absolute Gasteiger partial charge is 0.497 e. The van der Waals surface area contributed by atoms with Crippen molar-refractivity contribution in [3.8, 4) is 23.0 Å². The Labute approximate surface area is 224 Å². The molecule has 0 atom stereocenters. The highest BCUT2D eigenvalue weighted by molar-refractivity contribution is 7.92. The fourth-order valence-corrected chi connectivity index (χ4v) is 5.08. The van der Waals surface area contributed by atoms with E-state index >= 15 is 0 Å². The molecule has 13 heteroatoms. The fourth-order valence-electron chi connectivity index (χ4n) is 3.64. The molecular weight excluding hydrogens is 541 g/mol. The lowest BCUT2D eigenvalue weighted by Crippen LogP contribution is -2.41. The van der Waals surface area contributed by atoms with E-state index in [0.717, 1.165) is 16.4 Å². The molecule has 3 rings (SSSR count). The number of nitrogens with zero attached hydrogens (tertiary/aromatic N) is 1. The molecule has 3 aromatic rings. The molecule has 3 aromatic carbocycles. The predicted octanol–water partition coefficient (Wildman–Crippen LogP) is 4.25. The van der Waals surface area contributed by atoms with Crippen LogP contribution in [-0.4, -0.2) is 49.3 Å². The molecule has 0 radical (unpaired) electrons. The Morgan fingerprint density at radius 2 is 1.51 bits per heavy atom. The molecule has 0 aliphatic heterocycles. The van der Waals surface area contributed by atoms with Crippen LogP contribution < -0.4 is 28.6 Å². The Hall–Kier alpha value is -4.13. The number of carbonyl (C=O) groups excluding carboxylic acids is 1. The van der Waals surface area contributed by atoms with Gasteiger partial charge in [0.05, 0.1) is 44.6 Å². The van der Waals surface area contributed by atoms with Gasteiger partial charge in [0.2, 0.25) is 5.91 Å². The van der Waals surface area contributed by atoms with Crippen molar-refractivity contribution in [1.82, 2.24) is 5.32 Å². The topological polar surface area (TPSA) is 103 Å². The van der Waals surface area contributed by atoms with Crippen LogP contribution in [0.4, 0.5) is 18.9 Å². The molecule has 9 nitrogen and oxygen atoms in total. The Morgan fingerprint density at radius 1 is 0.846 bits per heavy atom. The van der Waals surface area contributed by atoms with Crippen molar-refractivity contribution in [3.05, 3.63) is 71.8 Å². The van der Waals surface area contributed by atoms with Crippen molar-refractivity contribution in [2.75, 3.05) is 39.3 Å². The highest BCUT2D eigenvalue weighted by Crippen LogP contribution is 2.37. The van der Waals surface area contributed by atoms with E-state index in [1.165, 1.54) is 70.9 Å². The highest BCUT2D eigenvalue weighted by atomic mass is 32.2. The van der Waals surface area contributed by atoms with Gasteiger partial charge < -0.3 is 24.3 Å². The number of halogens is 3. The van der Waals surface area contributed by atoms with Gasteiger partial charge in [-0.3, -0.25) is 9.10 Å². The molecule has 39 heavy (non-hydrogen) atoms. The minimum absolute atomic E-state index is 0.000790. The molecule has 0 fully saturated rings. The van der Waals surface area contributed by atoms with Crippen molar-refractivity contribution in [2.45, 2.75) is 17.6 Å². The number of methoxy groups -OCH3 is 4. The number of anilines is 1. The third kappa shape index (κ3) is 6.85. The van der Waals surface area contributed by atoms with Gasteiger partial charge in [-0.1, -0.05) is 12.1 Å². The molecule has 0 aliphatic carbocycles. The SMILES string of the molecule is COc1ccc(OC)c(N(CC(=O)NCc2cccc(C(F)(F)F)c2)S(=O)(=O)c2ccc(OC)c(OC)c2)c1. The smallest absolute Gasteiger partial charge is 0.416 e. The number of benzene rings is 3. The van der Waals surface area contributed by atoms with Crippen molar-refractivity contribution in [1.29, 1.82) is 0 Å². The second-order valence-corrected chi connectivity index (χ2v) is 9.90. The van der Waals surface area contributed by atoms with Crippen LogP contribution in [0.5, 0.6) is 23.0 Å². The molecule has 0 aromatic heterocycles. The molecule has 210 valence electrons. The van der Waals surface area contributed by atoms with Gasteiger partial charge in [-0.05, 0) is 42.0 Å². The minimum atomic E-state index is -4.55. The lowest BCUT2D eigenvalue weighted by atomic mass is 10.1. The van der Waals surface area contributed by atoms with Gasteiger partial charge in [0.25, 0.3) is 10.0 Å². The lowest BCUT2D eigenvalue weighted by Gasteiger charge is -2.26. The Morgan fingerprint density at radius 3 is 2.13 bits per heavy atom. The summed E-state index contributed by atoms with van der Waals surface area (Å²) in [7, 11) is 1.04. The van der Waals surface area contributed by atoms with Crippen LogP contribution in [0.3, 0.4) is 0 Å². The maximum absolute atomic E-state index is 13.9. The number of ether oxygens (including phenoxy) is 4. The van der Waals surface area contributed by atoms with Crippen molar-refractivity contribution in [2.24, 2.45) is 0 Å². The van der Waals surface area contributed by atoms with E-state index in [1.54, 1.807) is 6.07 Å². The standard InChI is InChI=1S/C26H27F3N2O7S/c1-35-19-8-10-22(36-2)21(13-19)31(39(33,34)20-9-11-23(37-3)24(14-20)38-4)16-25(32)30-15-17-6-5-7-18(12-17)26(27,28)29/h5-14H,15-16H2,1-4H3,(H,30,32). The fraction of sp³-hybridized carbons (Fsp3) is 0.269. The summed E-state index contributed by atoms with van der Waals surface area (Å²) >= 11 is 0. The van der Waals surface area contributed by atoms with Gasteiger partial charge in [-0.25, -0.2) is 8.42 Å². The summed E-state index contributed by atoms with van der Waals surface area (Å²) < 4.78 is 88.7. The highest BCUT2D eigenvalue weighted by Gasteiger charge is 2.32. The number of carbonyl (C=O) groups is 1. The molecule has 1 N–H and O–H groups in total. The van der Waals surface area contributed by atoms with Gasteiger partial charge in [-0.15, -0.1) is 0 Å². The van der Waals surface area contributed by atoms with Crippen molar-refractivity contribution >= 4 is 21.6 Å². The van der Waals surface area contributed by atoms with Crippen LogP contribution in [0.1, 0.15) is 11.1 Å². The molecule has 0 aliphatic rings. The molecular formula is C26H27F3N2O7S. The second kappa shape index (κ2) is 12.2. The third-order valence-corrected chi connectivity index (χ3v) is 7.38. The Kier molecular flexibility index (Phi) is 9.17. The average Bonchev–Trinajstić information content (AvgIpc) is 2.93. The summed E-state index contributed by atoms with van der Waals surface area (Å²) in [5, 5.41) is 2.48. The van der Waals surface area contributed by atoms with E-state index in [4.69, 9.17) is 18.9 Å². The quantitative estimate of drug-likeness (QED) is 0.369. The Bertz CT molecular complexity index is 1430. The summed E-state index contributed by atoms with van der Waals surface area (Å²) in [5.74, 6) is 0.0838. The zero-order chi connectivity index (χ0) is 28.8. The molecule has 0 saturated carbocycles. The third-order valence-electron chi connectivity index (χ3n) is 5.63. The van der Waals surface area contributed by atoms with Gasteiger partial charge in [0.1, 0.15) is 18.0 Å². The maximum atomic E-state index is 13.9. The van der Waals surface area contributed by atoms with Crippen LogP contribution in [0.2, 0.25) is 0 Å². The van der Waals surface area contributed by atoms with Gasteiger partial charge >= 0.3 is 6.18 Å².